The molecule has 1 aromatic carbocycles. The predicted octanol–water partition coefficient (Wildman–Crippen LogP) is 3.90. The van der Waals surface area contributed by atoms with Crippen LogP contribution in [0.15, 0.2) is 30.3 Å². The van der Waals surface area contributed by atoms with E-state index in [0.29, 0.717) is 5.78 Å². The quantitative estimate of drug-likeness (QED) is 0.586. The molecule has 1 aliphatic rings. The summed E-state index contributed by atoms with van der Waals surface area (Å²) in [6.45, 7) is 2.08. The molecule has 0 amide bonds. The molecule has 0 spiro atoms. The van der Waals surface area contributed by atoms with Crippen molar-refractivity contribution in [3.05, 3.63) is 35.9 Å². The number of carbonyl (C=O) groups is 1. The highest BCUT2D eigenvalue weighted by Gasteiger charge is 2.04. The van der Waals surface area contributed by atoms with E-state index >= 15 is 0 Å². The highest BCUT2D eigenvalue weighted by molar-refractivity contribution is 5.78. The van der Waals surface area contributed by atoms with Crippen molar-refractivity contribution >= 4 is 5.78 Å². The maximum Gasteiger partial charge on any atom is 0.132 e. The van der Waals surface area contributed by atoms with Crippen molar-refractivity contribution in [2.75, 3.05) is 0 Å². The van der Waals surface area contributed by atoms with Gasteiger partial charge in [-0.25, -0.2) is 0 Å². The number of benzene rings is 1. The minimum Gasteiger partial charge on any atom is -0.300 e. The SMILES string of the molecule is Cc1ccccc1.O=C1CCCCCC1. The maximum absolute atomic E-state index is 10.7. The lowest BCUT2D eigenvalue weighted by Crippen LogP contribution is -1.91. The zero-order valence-electron chi connectivity index (χ0n) is 9.54. The second-order valence-corrected chi connectivity index (χ2v) is 4.11. The predicted molar refractivity (Wildman–Crippen MR) is 63.9 cm³/mol. The minimum absolute atomic E-state index is 0.475. The van der Waals surface area contributed by atoms with Gasteiger partial charge in [-0.05, 0) is 19.8 Å². The van der Waals surface area contributed by atoms with Crippen LogP contribution in [0.2, 0.25) is 0 Å². The fraction of sp³-hybridized carbons (Fsp3) is 0.500. The number of aryl methyl sites for hydroxylation is 1. The minimum atomic E-state index is 0.475. The summed E-state index contributed by atoms with van der Waals surface area (Å²) in [4.78, 5) is 10.7. The van der Waals surface area contributed by atoms with Gasteiger partial charge in [-0.3, -0.25) is 4.79 Å². The lowest BCUT2D eigenvalue weighted by atomic mass is 10.2. The average Bonchev–Trinajstić information content (AvgIpc) is 2.48. The summed E-state index contributed by atoms with van der Waals surface area (Å²) < 4.78 is 0. The van der Waals surface area contributed by atoms with E-state index in [4.69, 9.17) is 0 Å². The molecule has 0 aliphatic heterocycles. The fourth-order valence-electron chi connectivity index (χ4n) is 1.66. The molecule has 0 aromatic heterocycles. The van der Waals surface area contributed by atoms with Crippen LogP contribution >= 0.6 is 0 Å². The Hall–Kier alpha value is -1.11. The monoisotopic (exact) mass is 204 g/mol. The van der Waals surface area contributed by atoms with Crippen LogP contribution in [0, 0.1) is 6.92 Å². The molecule has 1 nitrogen and oxygen atoms in total. The smallest absolute Gasteiger partial charge is 0.132 e. The summed E-state index contributed by atoms with van der Waals surface area (Å²) in [5, 5.41) is 0. The van der Waals surface area contributed by atoms with Crippen molar-refractivity contribution in [2.24, 2.45) is 0 Å². The lowest BCUT2D eigenvalue weighted by Gasteiger charge is -1.87. The van der Waals surface area contributed by atoms with E-state index in [1.54, 1.807) is 0 Å². The normalized spacial score (nSPS) is 16.2. The molecule has 0 atom stereocenters. The van der Waals surface area contributed by atoms with Gasteiger partial charge in [0.1, 0.15) is 5.78 Å². The van der Waals surface area contributed by atoms with Gasteiger partial charge >= 0.3 is 0 Å². The third-order valence-electron chi connectivity index (χ3n) is 2.60. The van der Waals surface area contributed by atoms with Crippen molar-refractivity contribution in [3.63, 3.8) is 0 Å². The molecule has 1 saturated carbocycles. The average molecular weight is 204 g/mol. The van der Waals surface area contributed by atoms with Crippen LogP contribution in [0.4, 0.5) is 0 Å². The highest BCUT2D eigenvalue weighted by atomic mass is 16.1. The fourth-order valence-corrected chi connectivity index (χ4v) is 1.66. The van der Waals surface area contributed by atoms with Gasteiger partial charge in [0.2, 0.25) is 0 Å². The van der Waals surface area contributed by atoms with Crippen LogP contribution < -0.4 is 0 Å². The number of Topliss-reactive ketones (excluding diaryl/α,β-unsaturated/α-hetero) is 1. The van der Waals surface area contributed by atoms with E-state index in [0.717, 1.165) is 25.7 Å². The number of carbonyl (C=O) groups excluding carboxylic acids is 1. The summed E-state index contributed by atoms with van der Waals surface area (Å²) >= 11 is 0. The zero-order valence-corrected chi connectivity index (χ0v) is 9.54. The first-order chi connectivity index (χ1) is 7.29. The lowest BCUT2D eigenvalue weighted by molar-refractivity contribution is -0.118. The van der Waals surface area contributed by atoms with Gasteiger partial charge in [0.25, 0.3) is 0 Å². The molecular weight excluding hydrogens is 184 g/mol. The highest BCUT2D eigenvalue weighted by Crippen LogP contribution is 2.12. The van der Waals surface area contributed by atoms with Crippen LogP contribution in [0.1, 0.15) is 44.1 Å². The maximum atomic E-state index is 10.7. The van der Waals surface area contributed by atoms with Crippen LogP contribution in [0.5, 0.6) is 0 Å². The molecule has 0 saturated heterocycles. The summed E-state index contributed by atoms with van der Waals surface area (Å²) in [6.07, 6.45) is 6.51. The van der Waals surface area contributed by atoms with Crippen molar-refractivity contribution in [2.45, 2.75) is 45.4 Å². The second-order valence-electron chi connectivity index (χ2n) is 4.11. The summed E-state index contributed by atoms with van der Waals surface area (Å²) in [5.41, 5.74) is 1.32. The van der Waals surface area contributed by atoms with E-state index in [9.17, 15) is 4.79 Å². The molecule has 15 heavy (non-hydrogen) atoms. The van der Waals surface area contributed by atoms with Crippen molar-refractivity contribution in [1.82, 2.24) is 0 Å². The van der Waals surface area contributed by atoms with E-state index in [2.05, 4.69) is 19.1 Å². The van der Waals surface area contributed by atoms with Gasteiger partial charge in [-0.2, -0.15) is 0 Å². The van der Waals surface area contributed by atoms with E-state index in [1.165, 1.54) is 18.4 Å². The Balaban J connectivity index is 0.000000151. The van der Waals surface area contributed by atoms with Crippen LogP contribution in [-0.4, -0.2) is 5.78 Å². The molecular formula is C14H20O. The molecule has 1 aliphatic carbocycles. The van der Waals surface area contributed by atoms with Gasteiger partial charge in [-0.15, -0.1) is 0 Å². The van der Waals surface area contributed by atoms with Crippen molar-refractivity contribution in [1.29, 1.82) is 0 Å². The largest absolute Gasteiger partial charge is 0.300 e. The Morgan fingerprint density at radius 3 is 1.80 bits per heavy atom. The van der Waals surface area contributed by atoms with Gasteiger partial charge < -0.3 is 0 Å². The Kier molecular flexibility index (Phi) is 5.76. The zero-order chi connectivity index (χ0) is 10.9. The standard InChI is InChI=1S/C7H12O.C7H8/c8-7-5-3-1-2-4-6-7;1-7-5-3-2-4-6-7/h1-6H2;2-6H,1H3. The van der Waals surface area contributed by atoms with E-state index in [-0.39, 0.29) is 0 Å². The first-order valence-electron chi connectivity index (χ1n) is 5.82. The molecule has 0 unspecified atom stereocenters. The van der Waals surface area contributed by atoms with Crippen LogP contribution in [-0.2, 0) is 4.79 Å². The van der Waals surface area contributed by atoms with Gasteiger partial charge in [0.05, 0.1) is 0 Å². The third kappa shape index (κ3) is 6.05. The Morgan fingerprint density at radius 2 is 1.40 bits per heavy atom. The molecule has 0 bridgehead atoms. The van der Waals surface area contributed by atoms with Crippen molar-refractivity contribution in [3.8, 4) is 0 Å². The Labute approximate surface area is 92.5 Å². The second kappa shape index (κ2) is 7.22. The van der Waals surface area contributed by atoms with Gasteiger partial charge in [-0.1, -0.05) is 48.7 Å². The van der Waals surface area contributed by atoms with Crippen LogP contribution in [0.25, 0.3) is 0 Å². The van der Waals surface area contributed by atoms with E-state index < -0.39 is 0 Å². The number of hydrogen-bond acceptors (Lipinski definition) is 1. The first kappa shape index (κ1) is 12.0. The number of ketones is 1. The van der Waals surface area contributed by atoms with Gasteiger partial charge in [0.15, 0.2) is 0 Å². The molecule has 0 heterocycles. The van der Waals surface area contributed by atoms with Crippen LogP contribution in [0.3, 0.4) is 0 Å². The molecule has 1 fully saturated rings. The molecule has 1 aromatic rings. The van der Waals surface area contributed by atoms with E-state index in [1.807, 2.05) is 18.2 Å². The molecule has 2 rings (SSSR count). The molecule has 1 heteroatoms. The molecule has 0 radical (unpaired) electrons. The summed E-state index contributed by atoms with van der Waals surface area (Å²) in [6, 6.07) is 10.3. The summed E-state index contributed by atoms with van der Waals surface area (Å²) in [5.74, 6) is 0.475. The van der Waals surface area contributed by atoms with Crippen molar-refractivity contribution < 1.29 is 4.79 Å². The first-order valence-corrected chi connectivity index (χ1v) is 5.82. The Bertz CT molecular complexity index is 267. The topological polar surface area (TPSA) is 17.1 Å². The van der Waals surface area contributed by atoms with Gasteiger partial charge in [0, 0.05) is 12.8 Å². The molecule has 0 N–H and O–H groups in total. The molecule has 82 valence electrons. The number of hydrogen-bond donors (Lipinski definition) is 0. The number of rotatable bonds is 0. The Morgan fingerprint density at radius 1 is 0.867 bits per heavy atom. The summed E-state index contributed by atoms with van der Waals surface area (Å²) in [7, 11) is 0. The third-order valence-corrected chi connectivity index (χ3v) is 2.60.